The minimum absolute atomic E-state index is 1.06. The average molecular weight is 877 g/mol. The van der Waals surface area contributed by atoms with Gasteiger partial charge in [0.05, 0.1) is 19.5 Å². The second kappa shape index (κ2) is 19.2. The summed E-state index contributed by atoms with van der Waals surface area (Å²) in [7, 11) is 0. The maximum Gasteiger partial charge on any atom is 0.0804 e. The maximum absolute atomic E-state index is 3.65. The fourth-order valence-corrected chi connectivity index (χ4v) is 11.2. The lowest BCUT2D eigenvalue weighted by Crippen LogP contribution is -1.91. The van der Waals surface area contributed by atoms with Crippen LogP contribution in [0.1, 0.15) is 85.0 Å². The van der Waals surface area contributed by atoms with Crippen molar-refractivity contribution in [2.45, 2.75) is 44.9 Å². The number of thiophene rings is 4. The Labute approximate surface area is 385 Å². The van der Waals surface area contributed by atoms with Crippen molar-refractivity contribution in [1.82, 2.24) is 0 Å². The van der Waals surface area contributed by atoms with E-state index in [2.05, 4.69) is 202 Å². The molecule has 0 fully saturated rings. The number of benzene rings is 6. The Morgan fingerprint density at radius 2 is 0.587 bits per heavy atom. The van der Waals surface area contributed by atoms with Gasteiger partial charge in [0.15, 0.2) is 0 Å². The Morgan fingerprint density at radius 3 is 0.905 bits per heavy atom. The molecule has 0 unspecified atom stereocenters. The van der Waals surface area contributed by atoms with E-state index in [1.807, 2.05) is 0 Å². The minimum atomic E-state index is 1.06. The second-order valence-electron chi connectivity index (χ2n) is 15.5. The molecule has 10 aromatic rings. The van der Waals surface area contributed by atoms with Crippen molar-refractivity contribution in [2.24, 2.45) is 0 Å². The van der Waals surface area contributed by atoms with Crippen LogP contribution < -0.4 is 0 Å². The van der Waals surface area contributed by atoms with Crippen LogP contribution >= 0.6 is 45.3 Å². The van der Waals surface area contributed by atoms with E-state index in [1.54, 1.807) is 45.3 Å². The maximum atomic E-state index is 3.65. The van der Waals surface area contributed by atoms with Crippen LogP contribution in [0.4, 0.5) is 0 Å². The number of fused-ring (bicyclic) bond motifs is 4. The van der Waals surface area contributed by atoms with Crippen molar-refractivity contribution in [1.29, 1.82) is 0 Å². The molecule has 0 aliphatic carbocycles. The lowest BCUT2D eigenvalue weighted by Gasteiger charge is -2.10. The number of hydrogen-bond donors (Lipinski definition) is 0. The van der Waals surface area contributed by atoms with E-state index >= 15 is 0 Å². The fraction of sp³-hybridized carbons (Fsp3) is 0.119. The molecule has 0 aliphatic rings. The van der Waals surface area contributed by atoms with Crippen LogP contribution in [0.3, 0.4) is 0 Å². The van der Waals surface area contributed by atoms with Crippen LogP contribution in [0, 0.1) is 47.4 Å². The van der Waals surface area contributed by atoms with Gasteiger partial charge in [-0.3, -0.25) is 0 Å². The molecule has 300 valence electrons. The summed E-state index contributed by atoms with van der Waals surface area (Å²) in [4.78, 5) is 4.50. The highest BCUT2D eigenvalue weighted by molar-refractivity contribution is 7.11. The third kappa shape index (κ3) is 8.88. The summed E-state index contributed by atoms with van der Waals surface area (Å²) in [5.41, 5.74) is 7.02. The third-order valence-corrected chi connectivity index (χ3v) is 14.8. The highest BCUT2D eigenvalue weighted by Gasteiger charge is 2.14. The van der Waals surface area contributed by atoms with E-state index in [1.165, 1.54) is 53.0 Å². The topological polar surface area (TPSA) is 0 Å². The summed E-state index contributed by atoms with van der Waals surface area (Å²) in [5.74, 6) is 28.4. The summed E-state index contributed by atoms with van der Waals surface area (Å²) < 4.78 is 0. The standard InChI is InChI=1S/C59H40S4/c1(2-4-16-42-36-40-62-58(42)34-32-56-50-24-10-6-20-46(50)54(30-28-44-18-14-38-60-44)47-21-7-11-25-51(47)56)3-5-17-43-37-41-63-59(43)35-33-57-52-26-12-8-22-48(52)55(31-29-45-19-15-39-61-45)49-23-9-13-27-53(49)57/h6-15,18-27,36-41H,1-5,16-17H2. The Bertz CT molecular complexity index is 3160. The SMILES string of the molecule is C(#Cc1c2ccccc2c(C#Cc2sccc2CCCCCCCc2ccsc2C#Cc2c3ccccc3c(C#Cc3cccs3)c3ccccc23)c2ccccc12)c1cccs1. The van der Waals surface area contributed by atoms with E-state index in [4.69, 9.17) is 0 Å². The second-order valence-corrected chi connectivity index (χ2v) is 19.2. The highest BCUT2D eigenvalue weighted by Crippen LogP contribution is 2.34. The van der Waals surface area contributed by atoms with Crippen molar-refractivity contribution in [3.05, 3.63) is 208 Å². The molecule has 4 heterocycles. The van der Waals surface area contributed by atoms with Crippen molar-refractivity contribution < 1.29 is 0 Å². The lowest BCUT2D eigenvalue weighted by molar-refractivity contribution is 0.614. The van der Waals surface area contributed by atoms with E-state index in [0.29, 0.717) is 0 Å². The monoisotopic (exact) mass is 876 g/mol. The number of aryl methyl sites for hydroxylation is 2. The van der Waals surface area contributed by atoms with Gasteiger partial charge in [0.1, 0.15) is 0 Å². The molecule has 10 rings (SSSR count). The zero-order valence-corrected chi connectivity index (χ0v) is 37.9. The molecule has 6 aromatic carbocycles. The third-order valence-electron chi connectivity index (χ3n) is 11.5. The fourth-order valence-electron chi connectivity index (χ4n) is 8.43. The molecule has 0 saturated heterocycles. The van der Waals surface area contributed by atoms with Gasteiger partial charge in [-0.1, -0.05) is 176 Å². The molecule has 0 spiro atoms. The van der Waals surface area contributed by atoms with Crippen LogP contribution in [-0.4, -0.2) is 0 Å². The van der Waals surface area contributed by atoms with E-state index in [9.17, 15) is 0 Å². The van der Waals surface area contributed by atoms with Crippen LogP contribution in [-0.2, 0) is 12.8 Å². The van der Waals surface area contributed by atoms with Crippen molar-refractivity contribution in [2.75, 3.05) is 0 Å². The zero-order valence-electron chi connectivity index (χ0n) is 34.6. The van der Waals surface area contributed by atoms with Crippen LogP contribution in [0.2, 0.25) is 0 Å². The number of rotatable bonds is 8. The van der Waals surface area contributed by atoms with Gasteiger partial charge in [-0.15, -0.1) is 45.3 Å². The lowest BCUT2D eigenvalue weighted by atomic mass is 9.92. The number of hydrogen-bond acceptors (Lipinski definition) is 4. The summed E-state index contributed by atoms with van der Waals surface area (Å²) in [5, 5.41) is 17.8. The normalized spacial score (nSPS) is 10.8. The van der Waals surface area contributed by atoms with Gasteiger partial charge in [0.2, 0.25) is 0 Å². The molecular formula is C59H40S4. The summed E-state index contributed by atoms with van der Waals surface area (Å²) in [6.07, 6.45) is 8.13. The van der Waals surface area contributed by atoms with E-state index in [0.717, 1.165) is 87.9 Å². The molecule has 0 amide bonds. The molecule has 0 atom stereocenters. The van der Waals surface area contributed by atoms with Gasteiger partial charge in [0.25, 0.3) is 0 Å². The van der Waals surface area contributed by atoms with Crippen molar-refractivity contribution in [3.8, 4) is 47.4 Å². The van der Waals surface area contributed by atoms with Crippen molar-refractivity contribution >= 4 is 88.4 Å². The smallest absolute Gasteiger partial charge is 0.0804 e. The predicted octanol–water partition coefficient (Wildman–Crippen LogP) is 15.9. The average Bonchev–Trinajstić information content (AvgIpc) is 4.19. The van der Waals surface area contributed by atoms with Gasteiger partial charge in [0, 0.05) is 22.3 Å². The Morgan fingerprint density at radius 1 is 0.270 bits per heavy atom. The van der Waals surface area contributed by atoms with Crippen LogP contribution in [0.15, 0.2) is 155 Å². The predicted molar refractivity (Wildman–Crippen MR) is 275 cm³/mol. The van der Waals surface area contributed by atoms with Gasteiger partial charge in [-0.05, 0) is 126 Å². The van der Waals surface area contributed by atoms with Gasteiger partial charge < -0.3 is 0 Å². The molecule has 0 saturated carbocycles. The summed E-state index contributed by atoms with van der Waals surface area (Å²) in [6.45, 7) is 0. The van der Waals surface area contributed by atoms with E-state index < -0.39 is 0 Å². The molecule has 0 radical (unpaired) electrons. The summed E-state index contributed by atoms with van der Waals surface area (Å²) in [6, 6.07) is 47.2. The largest absolute Gasteiger partial charge is 0.135 e. The Kier molecular flexibility index (Phi) is 12.3. The van der Waals surface area contributed by atoms with Gasteiger partial charge in [-0.2, -0.15) is 0 Å². The first-order valence-corrected chi connectivity index (χ1v) is 24.9. The molecule has 0 nitrogen and oxygen atoms in total. The van der Waals surface area contributed by atoms with Crippen LogP contribution in [0.25, 0.3) is 43.1 Å². The first-order chi connectivity index (χ1) is 31.3. The molecule has 0 bridgehead atoms. The molecule has 0 aliphatic heterocycles. The molecular weight excluding hydrogens is 837 g/mol. The first-order valence-electron chi connectivity index (χ1n) is 21.4. The minimum Gasteiger partial charge on any atom is -0.135 e. The molecule has 4 heteroatoms. The quantitative estimate of drug-likeness (QED) is 0.0810. The van der Waals surface area contributed by atoms with Crippen molar-refractivity contribution in [3.63, 3.8) is 0 Å². The first kappa shape index (κ1) is 40.5. The zero-order chi connectivity index (χ0) is 42.2. The number of unbranched alkanes of at least 4 members (excludes halogenated alkanes) is 4. The van der Waals surface area contributed by atoms with E-state index in [-0.39, 0.29) is 0 Å². The van der Waals surface area contributed by atoms with Crippen LogP contribution in [0.5, 0.6) is 0 Å². The molecule has 4 aromatic heterocycles. The molecule has 0 N–H and O–H groups in total. The summed E-state index contributed by atoms with van der Waals surface area (Å²) >= 11 is 6.86. The molecule has 63 heavy (non-hydrogen) atoms. The van der Waals surface area contributed by atoms with Gasteiger partial charge >= 0.3 is 0 Å². The Balaban J connectivity index is 0.785. The Hall–Kier alpha value is -6.60. The highest BCUT2D eigenvalue weighted by atomic mass is 32.1. The van der Waals surface area contributed by atoms with Gasteiger partial charge in [-0.25, -0.2) is 0 Å².